The van der Waals surface area contributed by atoms with Crippen LogP contribution < -0.4 is 4.74 Å². The van der Waals surface area contributed by atoms with Gasteiger partial charge in [-0.25, -0.2) is 14.4 Å². The SMILES string of the molecule is CCC(C)C(C)(C)CCOC(=O)c1c(Cl)c(Cl)cc(Cl)c1OC(=O)C(=O)O. The molecule has 6 nitrogen and oxygen atoms in total. The maximum atomic E-state index is 12.5. The quantitative estimate of drug-likeness (QED) is 0.270. The van der Waals surface area contributed by atoms with Crippen LogP contribution in [-0.2, 0) is 14.3 Å². The molecule has 0 spiro atoms. The van der Waals surface area contributed by atoms with Crippen LogP contribution in [0.25, 0.3) is 0 Å². The molecule has 0 radical (unpaired) electrons. The molecule has 0 aromatic heterocycles. The number of ether oxygens (including phenoxy) is 2. The zero-order valence-electron chi connectivity index (χ0n) is 15.4. The summed E-state index contributed by atoms with van der Waals surface area (Å²) in [5.41, 5.74) is -0.464. The van der Waals surface area contributed by atoms with E-state index in [1.54, 1.807) is 0 Å². The number of rotatable bonds is 7. The molecule has 9 heteroatoms. The number of carboxylic acids is 1. The van der Waals surface area contributed by atoms with Gasteiger partial charge in [-0.1, -0.05) is 68.9 Å². The summed E-state index contributed by atoms with van der Waals surface area (Å²) in [6, 6.07) is 1.14. The first-order valence-electron chi connectivity index (χ1n) is 8.22. The molecule has 1 aromatic carbocycles. The van der Waals surface area contributed by atoms with E-state index in [-0.39, 0.29) is 27.1 Å². The van der Waals surface area contributed by atoms with Gasteiger partial charge < -0.3 is 14.6 Å². The van der Waals surface area contributed by atoms with Crippen molar-refractivity contribution in [1.29, 1.82) is 0 Å². The number of carbonyl (C=O) groups is 3. The molecule has 150 valence electrons. The van der Waals surface area contributed by atoms with E-state index in [9.17, 15) is 14.4 Å². The standard InChI is InChI=1S/C18H21Cl3O6/c1-5-9(2)18(3,4)6-7-26-16(24)12-13(21)10(19)8-11(20)14(12)27-17(25)15(22)23/h8-9H,5-7H2,1-4H3,(H,22,23). The van der Waals surface area contributed by atoms with Crippen molar-refractivity contribution in [2.75, 3.05) is 6.61 Å². The minimum atomic E-state index is -1.85. The van der Waals surface area contributed by atoms with Gasteiger partial charge in [0.1, 0.15) is 5.56 Å². The van der Waals surface area contributed by atoms with Crippen molar-refractivity contribution in [2.24, 2.45) is 11.3 Å². The molecule has 0 bridgehead atoms. The molecule has 0 heterocycles. The third-order valence-electron chi connectivity index (χ3n) is 4.63. The maximum absolute atomic E-state index is 12.5. The fourth-order valence-electron chi connectivity index (χ4n) is 2.28. The number of halogens is 3. The highest BCUT2D eigenvalue weighted by atomic mass is 35.5. The van der Waals surface area contributed by atoms with Crippen molar-refractivity contribution < 1.29 is 29.0 Å². The number of hydrogen-bond donors (Lipinski definition) is 1. The highest BCUT2D eigenvalue weighted by molar-refractivity contribution is 6.46. The number of esters is 2. The van der Waals surface area contributed by atoms with Crippen LogP contribution in [0.1, 0.15) is 50.9 Å². The second-order valence-corrected chi connectivity index (χ2v) is 7.93. The van der Waals surface area contributed by atoms with Gasteiger partial charge in [0.15, 0.2) is 5.75 Å². The lowest BCUT2D eigenvalue weighted by molar-refractivity contribution is -0.158. The average molecular weight is 440 g/mol. The minimum Gasteiger partial charge on any atom is -0.473 e. The van der Waals surface area contributed by atoms with Crippen molar-refractivity contribution in [3.8, 4) is 5.75 Å². The van der Waals surface area contributed by atoms with E-state index < -0.39 is 29.2 Å². The number of carboxylic acid groups (broad SMARTS) is 1. The van der Waals surface area contributed by atoms with E-state index in [0.717, 1.165) is 12.5 Å². The van der Waals surface area contributed by atoms with Crippen molar-refractivity contribution in [1.82, 2.24) is 0 Å². The minimum absolute atomic E-state index is 0.0660. The number of hydrogen-bond acceptors (Lipinski definition) is 5. The molecule has 0 amide bonds. The molecule has 0 saturated carbocycles. The van der Waals surface area contributed by atoms with Gasteiger partial charge in [0.2, 0.25) is 0 Å². The summed E-state index contributed by atoms with van der Waals surface area (Å²) in [5, 5.41) is 8.14. The first-order chi connectivity index (χ1) is 12.4. The molecular formula is C18H21Cl3O6. The molecule has 0 aliphatic heterocycles. The van der Waals surface area contributed by atoms with Gasteiger partial charge in [-0.3, -0.25) is 0 Å². The van der Waals surface area contributed by atoms with Crippen molar-refractivity contribution in [3.05, 3.63) is 26.7 Å². The van der Waals surface area contributed by atoms with Gasteiger partial charge >= 0.3 is 17.9 Å². The van der Waals surface area contributed by atoms with Crippen LogP contribution in [0.3, 0.4) is 0 Å². The van der Waals surface area contributed by atoms with Gasteiger partial charge in [-0.2, -0.15) is 0 Å². The first kappa shape index (κ1) is 23.5. The Morgan fingerprint density at radius 1 is 1.19 bits per heavy atom. The largest absolute Gasteiger partial charge is 0.473 e. The molecule has 1 unspecified atom stereocenters. The van der Waals surface area contributed by atoms with E-state index in [1.165, 1.54) is 0 Å². The lowest BCUT2D eigenvalue weighted by Gasteiger charge is -2.31. The third kappa shape index (κ3) is 5.99. The van der Waals surface area contributed by atoms with Crippen molar-refractivity contribution in [3.63, 3.8) is 0 Å². The maximum Gasteiger partial charge on any atom is 0.422 e. The van der Waals surface area contributed by atoms with Gasteiger partial charge in [0.05, 0.1) is 21.7 Å². The van der Waals surface area contributed by atoms with Crippen molar-refractivity contribution in [2.45, 2.75) is 40.5 Å². The summed E-state index contributed by atoms with van der Waals surface area (Å²) in [7, 11) is 0. The molecule has 1 N–H and O–H groups in total. The highest BCUT2D eigenvalue weighted by Crippen LogP contribution is 2.40. The molecule has 1 atom stereocenters. The van der Waals surface area contributed by atoms with Crippen LogP contribution >= 0.6 is 34.8 Å². The molecule has 1 aromatic rings. The number of benzene rings is 1. The van der Waals surface area contributed by atoms with Gasteiger partial charge in [0, 0.05) is 0 Å². The van der Waals surface area contributed by atoms with Crippen LogP contribution in [0.15, 0.2) is 6.07 Å². The van der Waals surface area contributed by atoms with E-state index in [0.29, 0.717) is 12.3 Å². The molecule has 27 heavy (non-hydrogen) atoms. The molecular weight excluding hydrogens is 419 g/mol. The van der Waals surface area contributed by atoms with Gasteiger partial charge in [-0.15, -0.1) is 0 Å². The Balaban J connectivity index is 3.08. The van der Waals surface area contributed by atoms with Crippen LogP contribution in [-0.4, -0.2) is 29.6 Å². The summed E-state index contributed by atoms with van der Waals surface area (Å²) in [5.74, 6) is -4.50. The van der Waals surface area contributed by atoms with E-state index >= 15 is 0 Å². The van der Waals surface area contributed by atoms with E-state index in [1.807, 2.05) is 0 Å². The zero-order valence-corrected chi connectivity index (χ0v) is 17.7. The fourth-order valence-corrected chi connectivity index (χ4v) is 2.99. The summed E-state index contributed by atoms with van der Waals surface area (Å²) in [4.78, 5) is 34.6. The lowest BCUT2D eigenvalue weighted by atomic mass is 9.76. The third-order valence-corrected chi connectivity index (χ3v) is 5.69. The van der Waals surface area contributed by atoms with Crippen LogP contribution in [0.2, 0.25) is 15.1 Å². The Morgan fingerprint density at radius 3 is 2.30 bits per heavy atom. The van der Waals surface area contributed by atoms with Gasteiger partial charge in [-0.05, 0) is 23.8 Å². The van der Waals surface area contributed by atoms with Crippen LogP contribution in [0.5, 0.6) is 5.75 Å². The monoisotopic (exact) mass is 438 g/mol. The predicted molar refractivity (Wildman–Crippen MR) is 103 cm³/mol. The highest BCUT2D eigenvalue weighted by Gasteiger charge is 2.29. The zero-order chi connectivity index (χ0) is 20.9. The normalized spacial score (nSPS) is 12.4. The molecule has 0 aliphatic rings. The molecule has 0 saturated heterocycles. The Morgan fingerprint density at radius 2 is 1.78 bits per heavy atom. The molecule has 1 rings (SSSR count). The van der Waals surface area contributed by atoms with Crippen molar-refractivity contribution >= 4 is 52.7 Å². The number of carbonyl (C=O) groups excluding carboxylic acids is 2. The Bertz CT molecular complexity index is 745. The summed E-state index contributed by atoms with van der Waals surface area (Å²) >= 11 is 17.9. The van der Waals surface area contributed by atoms with E-state index in [2.05, 4.69) is 32.4 Å². The lowest BCUT2D eigenvalue weighted by Crippen LogP contribution is -2.24. The van der Waals surface area contributed by atoms with E-state index in [4.69, 9.17) is 44.6 Å². The fraction of sp³-hybridized carbons (Fsp3) is 0.500. The average Bonchev–Trinajstić information content (AvgIpc) is 2.58. The van der Waals surface area contributed by atoms with Crippen LogP contribution in [0.4, 0.5) is 0 Å². The van der Waals surface area contributed by atoms with Gasteiger partial charge in [0.25, 0.3) is 0 Å². The second-order valence-electron chi connectivity index (χ2n) is 6.74. The Labute approximate surface area is 172 Å². The Kier molecular flexibility index (Phi) is 8.39. The topological polar surface area (TPSA) is 89.9 Å². The number of aliphatic carboxylic acids is 1. The smallest absolute Gasteiger partial charge is 0.422 e. The molecule has 0 aliphatic carbocycles. The predicted octanol–water partition coefficient (Wildman–Crippen LogP) is 5.26. The summed E-state index contributed by atoms with van der Waals surface area (Å²) in [6.07, 6.45) is 1.57. The second kappa shape index (κ2) is 9.62. The first-order valence-corrected chi connectivity index (χ1v) is 9.35. The summed E-state index contributed by atoms with van der Waals surface area (Å²) < 4.78 is 9.94. The Hall–Kier alpha value is -1.50. The summed E-state index contributed by atoms with van der Waals surface area (Å²) in [6.45, 7) is 8.41. The van der Waals surface area contributed by atoms with Crippen LogP contribution in [0, 0.1) is 11.3 Å². The molecule has 0 fully saturated rings.